The van der Waals surface area contributed by atoms with E-state index in [1.165, 1.54) is 4.31 Å². The lowest BCUT2D eigenvalue weighted by molar-refractivity contribution is 0.482. The number of anilines is 2. The summed E-state index contributed by atoms with van der Waals surface area (Å²) in [5, 5.41) is 6.43. The Balaban J connectivity index is 2.17. The molecule has 4 N–H and O–H groups in total. The first-order valence-electron chi connectivity index (χ1n) is 5.09. The van der Waals surface area contributed by atoms with Crippen LogP contribution in [0.3, 0.4) is 0 Å². The summed E-state index contributed by atoms with van der Waals surface area (Å²) in [6, 6.07) is 0. The Hall–Kier alpha value is -1.28. The van der Waals surface area contributed by atoms with Crippen molar-refractivity contribution in [1.29, 1.82) is 0 Å². The Labute approximate surface area is 94.2 Å². The van der Waals surface area contributed by atoms with E-state index in [-0.39, 0.29) is 5.82 Å². The third kappa shape index (κ3) is 1.98. The normalized spacial score (nSPS) is 17.8. The predicted molar refractivity (Wildman–Crippen MR) is 61.1 cm³/mol. The van der Waals surface area contributed by atoms with Gasteiger partial charge in [0.15, 0.2) is 5.82 Å². The van der Waals surface area contributed by atoms with Gasteiger partial charge in [-0.2, -0.15) is 17.8 Å². The minimum Gasteiger partial charge on any atom is -0.394 e. The Kier molecular flexibility index (Phi) is 2.76. The second-order valence-electron chi connectivity index (χ2n) is 3.82. The van der Waals surface area contributed by atoms with E-state index in [0.29, 0.717) is 24.5 Å². The van der Waals surface area contributed by atoms with Gasteiger partial charge in [-0.25, -0.2) is 0 Å². The second-order valence-corrected chi connectivity index (χ2v) is 5.49. The second kappa shape index (κ2) is 3.95. The van der Waals surface area contributed by atoms with Gasteiger partial charge in [0.25, 0.3) is 0 Å². The van der Waals surface area contributed by atoms with E-state index in [9.17, 15) is 8.42 Å². The lowest BCUT2D eigenvalue weighted by atomic mass is 10.4. The Morgan fingerprint density at radius 2 is 2.06 bits per heavy atom. The van der Waals surface area contributed by atoms with Crippen molar-refractivity contribution in [3.63, 3.8) is 0 Å². The standard InChI is InChI=1S/C8H15N5O2S/c1-6-7(9)8(11-10-6)12-16(14,15)13-4-2-3-5-13/h2-5,9H2,1H3,(H2,10,11,12). The number of aromatic nitrogens is 2. The van der Waals surface area contributed by atoms with Crippen LogP contribution in [0.5, 0.6) is 0 Å². The van der Waals surface area contributed by atoms with E-state index in [1.807, 2.05) is 0 Å². The Morgan fingerprint density at radius 3 is 2.56 bits per heavy atom. The summed E-state index contributed by atoms with van der Waals surface area (Å²) in [4.78, 5) is 0. The molecule has 0 aromatic carbocycles. The number of nitrogen functional groups attached to an aromatic ring is 1. The quantitative estimate of drug-likeness (QED) is 0.700. The van der Waals surface area contributed by atoms with E-state index < -0.39 is 10.2 Å². The van der Waals surface area contributed by atoms with Crippen molar-refractivity contribution >= 4 is 21.7 Å². The lowest BCUT2D eigenvalue weighted by Gasteiger charge is -2.15. The smallest absolute Gasteiger partial charge is 0.302 e. The maximum Gasteiger partial charge on any atom is 0.302 e. The molecule has 0 saturated carbocycles. The van der Waals surface area contributed by atoms with Gasteiger partial charge in [-0.3, -0.25) is 9.82 Å². The Bertz CT molecular complexity index is 475. The van der Waals surface area contributed by atoms with Gasteiger partial charge in [0.2, 0.25) is 0 Å². The molecule has 16 heavy (non-hydrogen) atoms. The highest BCUT2D eigenvalue weighted by Crippen LogP contribution is 2.21. The van der Waals surface area contributed by atoms with Crippen molar-refractivity contribution in [2.24, 2.45) is 0 Å². The molecule has 0 atom stereocenters. The van der Waals surface area contributed by atoms with Crippen molar-refractivity contribution in [3.8, 4) is 0 Å². The molecule has 1 fully saturated rings. The van der Waals surface area contributed by atoms with Gasteiger partial charge >= 0.3 is 10.2 Å². The number of hydrogen-bond acceptors (Lipinski definition) is 4. The minimum atomic E-state index is -3.50. The minimum absolute atomic E-state index is 0.171. The molecule has 8 heteroatoms. The van der Waals surface area contributed by atoms with Crippen LogP contribution in [-0.4, -0.2) is 36.0 Å². The van der Waals surface area contributed by atoms with E-state index in [2.05, 4.69) is 14.9 Å². The average molecular weight is 245 g/mol. The number of rotatable bonds is 3. The molecule has 0 bridgehead atoms. The highest BCUT2D eigenvalue weighted by atomic mass is 32.2. The SMILES string of the molecule is Cc1[nH]nc(NS(=O)(=O)N2CCCC2)c1N. The van der Waals surface area contributed by atoms with Crippen LogP contribution < -0.4 is 10.5 Å². The first kappa shape index (κ1) is 11.2. The summed E-state index contributed by atoms with van der Waals surface area (Å²) in [7, 11) is -3.50. The molecular formula is C8H15N5O2S. The van der Waals surface area contributed by atoms with Crippen LogP contribution in [0.1, 0.15) is 18.5 Å². The average Bonchev–Trinajstić information content (AvgIpc) is 2.83. The van der Waals surface area contributed by atoms with Crippen molar-refractivity contribution in [3.05, 3.63) is 5.69 Å². The fourth-order valence-corrected chi connectivity index (χ4v) is 2.90. The lowest BCUT2D eigenvalue weighted by Crippen LogP contribution is -2.33. The maximum absolute atomic E-state index is 11.9. The molecule has 0 radical (unpaired) electrons. The molecule has 7 nitrogen and oxygen atoms in total. The third-order valence-corrected chi connectivity index (χ3v) is 4.12. The molecule has 0 aliphatic carbocycles. The number of hydrogen-bond donors (Lipinski definition) is 3. The van der Waals surface area contributed by atoms with Crippen LogP contribution in [0.25, 0.3) is 0 Å². The number of aromatic amines is 1. The van der Waals surface area contributed by atoms with Gasteiger partial charge in [0.1, 0.15) is 0 Å². The summed E-state index contributed by atoms with van der Waals surface area (Å²) in [5.74, 6) is 0.171. The fourth-order valence-electron chi connectivity index (χ4n) is 1.63. The molecule has 0 spiro atoms. The first-order chi connectivity index (χ1) is 7.50. The van der Waals surface area contributed by atoms with E-state index >= 15 is 0 Å². The molecule has 90 valence electrons. The predicted octanol–water partition coefficient (Wildman–Crippen LogP) is 0.0528. The zero-order valence-corrected chi connectivity index (χ0v) is 9.84. The van der Waals surface area contributed by atoms with Crippen LogP contribution in [0.4, 0.5) is 11.5 Å². The van der Waals surface area contributed by atoms with E-state index in [4.69, 9.17) is 5.73 Å². The monoisotopic (exact) mass is 245 g/mol. The maximum atomic E-state index is 11.9. The molecule has 1 saturated heterocycles. The summed E-state index contributed by atoms with van der Waals surface area (Å²) in [5.41, 5.74) is 6.66. The molecular weight excluding hydrogens is 230 g/mol. The first-order valence-corrected chi connectivity index (χ1v) is 6.53. The highest BCUT2D eigenvalue weighted by Gasteiger charge is 2.26. The number of aryl methyl sites for hydroxylation is 1. The molecule has 1 aromatic rings. The van der Waals surface area contributed by atoms with Crippen LogP contribution in [0.2, 0.25) is 0 Å². The van der Waals surface area contributed by atoms with Crippen molar-refractivity contribution in [1.82, 2.24) is 14.5 Å². The molecule has 1 aliphatic heterocycles. The summed E-state index contributed by atoms with van der Waals surface area (Å²) in [6.45, 7) is 2.84. The fraction of sp³-hybridized carbons (Fsp3) is 0.625. The Morgan fingerprint density at radius 1 is 1.44 bits per heavy atom. The van der Waals surface area contributed by atoms with E-state index in [0.717, 1.165) is 12.8 Å². The van der Waals surface area contributed by atoms with Crippen LogP contribution in [-0.2, 0) is 10.2 Å². The summed E-state index contributed by atoms with van der Waals surface area (Å²) in [6.07, 6.45) is 1.80. The number of nitrogens with one attached hydrogen (secondary N) is 2. The largest absolute Gasteiger partial charge is 0.394 e. The van der Waals surface area contributed by atoms with Gasteiger partial charge in [-0.1, -0.05) is 0 Å². The summed E-state index contributed by atoms with van der Waals surface area (Å²) >= 11 is 0. The van der Waals surface area contributed by atoms with Gasteiger partial charge in [0, 0.05) is 13.1 Å². The van der Waals surface area contributed by atoms with Crippen molar-refractivity contribution in [2.45, 2.75) is 19.8 Å². The van der Waals surface area contributed by atoms with Gasteiger partial charge in [-0.05, 0) is 19.8 Å². The van der Waals surface area contributed by atoms with Crippen molar-refractivity contribution in [2.75, 3.05) is 23.5 Å². The molecule has 0 unspecified atom stereocenters. The molecule has 2 rings (SSSR count). The molecule has 1 aliphatic rings. The highest BCUT2D eigenvalue weighted by molar-refractivity contribution is 7.90. The van der Waals surface area contributed by atoms with Crippen molar-refractivity contribution < 1.29 is 8.42 Å². The molecule has 2 heterocycles. The number of nitrogens with two attached hydrogens (primary N) is 1. The third-order valence-electron chi connectivity index (χ3n) is 2.63. The van der Waals surface area contributed by atoms with Crippen LogP contribution in [0, 0.1) is 6.92 Å². The summed E-state index contributed by atoms with van der Waals surface area (Å²) < 4.78 is 27.5. The molecule has 0 amide bonds. The van der Waals surface area contributed by atoms with Gasteiger partial charge in [0.05, 0.1) is 11.4 Å². The molecule has 1 aromatic heterocycles. The number of H-pyrrole nitrogens is 1. The van der Waals surface area contributed by atoms with E-state index in [1.54, 1.807) is 6.92 Å². The topological polar surface area (TPSA) is 104 Å². The number of nitrogens with zero attached hydrogens (tertiary/aromatic N) is 2. The zero-order chi connectivity index (χ0) is 11.8. The van der Waals surface area contributed by atoms with Crippen LogP contribution >= 0.6 is 0 Å². The van der Waals surface area contributed by atoms with Crippen LogP contribution in [0.15, 0.2) is 0 Å². The van der Waals surface area contributed by atoms with Gasteiger partial charge < -0.3 is 5.73 Å². The van der Waals surface area contributed by atoms with Gasteiger partial charge in [-0.15, -0.1) is 0 Å². The zero-order valence-electron chi connectivity index (χ0n) is 9.02.